The molecule has 1 unspecified atom stereocenters. The monoisotopic (exact) mass is 185 g/mol. The van der Waals surface area contributed by atoms with Gasteiger partial charge in [0.1, 0.15) is 0 Å². The molecular formula is C9H19N3O. The van der Waals surface area contributed by atoms with E-state index in [9.17, 15) is 0 Å². The highest BCUT2D eigenvalue weighted by Gasteiger charge is 2.17. The van der Waals surface area contributed by atoms with E-state index in [1.165, 1.54) is 0 Å². The van der Waals surface area contributed by atoms with E-state index in [1.54, 1.807) is 0 Å². The van der Waals surface area contributed by atoms with E-state index in [4.69, 9.17) is 4.74 Å². The molecule has 4 heteroatoms. The number of hydrogen-bond acceptors (Lipinski definition) is 4. The lowest BCUT2D eigenvalue weighted by Crippen LogP contribution is -2.54. The van der Waals surface area contributed by atoms with Gasteiger partial charge in [-0.3, -0.25) is 4.90 Å². The maximum atomic E-state index is 5.31. The molecule has 0 amide bonds. The van der Waals surface area contributed by atoms with Crippen LogP contribution in [0.2, 0.25) is 0 Å². The van der Waals surface area contributed by atoms with Crippen molar-refractivity contribution >= 4 is 0 Å². The van der Waals surface area contributed by atoms with E-state index in [-0.39, 0.29) is 0 Å². The van der Waals surface area contributed by atoms with E-state index in [2.05, 4.69) is 15.5 Å². The van der Waals surface area contributed by atoms with Crippen LogP contribution in [0.15, 0.2) is 0 Å². The van der Waals surface area contributed by atoms with Gasteiger partial charge in [0, 0.05) is 45.3 Å². The van der Waals surface area contributed by atoms with Crippen molar-refractivity contribution in [1.82, 2.24) is 15.5 Å². The van der Waals surface area contributed by atoms with Gasteiger partial charge in [-0.15, -0.1) is 0 Å². The van der Waals surface area contributed by atoms with E-state index < -0.39 is 0 Å². The summed E-state index contributed by atoms with van der Waals surface area (Å²) in [6, 6.07) is 0.631. The second-order valence-corrected chi connectivity index (χ2v) is 3.77. The summed E-state index contributed by atoms with van der Waals surface area (Å²) in [4.78, 5) is 2.48. The van der Waals surface area contributed by atoms with E-state index in [0.717, 1.165) is 52.5 Å². The Labute approximate surface area is 79.6 Å². The lowest BCUT2D eigenvalue weighted by molar-refractivity contribution is 0.0328. The summed E-state index contributed by atoms with van der Waals surface area (Å²) >= 11 is 0. The summed E-state index contributed by atoms with van der Waals surface area (Å²) in [6.07, 6.45) is 0. The average Bonchev–Trinajstić information content (AvgIpc) is 2.21. The average molecular weight is 185 g/mol. The maximum absolute atomic E-state index is 5.31. The molecule has 2 N–H and O–H groups in total. The van der Waals surface area contributed by atoms with Crippen LogP contribution in [0.3, 0.4) is 0 Å². The molecule has 2 saturated heterocycles. The molecule has 0 radical (unpaired) electrons. The van der Waals surface area contributed by atoms with Crippen molar-refractivity contribution < 1.29 is 4.74 Å². The van der Waals surface area contributed by atoms with Gasteiger partial charge >= 0.3 is 0 Å². The summed E-state index contributed by atoms with van der Waals surface area (Å²) in [5.41, 5.74) is 0. The van der Waals surface area contributed by atoms with Crippen LogP contribution >= 0.6 is 0 Å². The molecule has 13 heavy (non-hydrogen) atoms. The van der Waals surface area contributed by atoms with Crippen molar-refractivity contribution in [2.24, 2.45) is 0 Å². The molecule has 2 aliphatic heterocycles. The second kappa shape index (κ2) is 4.91. The Morgan fingerprint density at radius 1 is 1.23 bits per heavy atom. The predicted molar refractivity (Wildman–Crippen MR) is 51.9 cm³/mol. The van der Waals surface area contributed by atoms with Crippen molar-refractivity contribution in [3.8, 4) is 0 Å². The Hall–Kier alpha value is -0.160. The summed E-state index contributed by atoms with van der Waals surface area (Å²) in [6.45, 7) is 8.49. The Kier molecular flexibility index (Phi) is 3.55. The van der Waals surface area contributed by atoms with E-state index in [0.29, 0.717) is 6.04 Å². The van der Waals surface area contributed by atoms with Crippen molar-refractivity contribution in [3.05, 3.63) is 0 Å². The van der Waals surface area contributed by atoms with Gasteiger partial charge in [0.05, 0.1) is 13.2 Å². The van der Waals surface area contributed by atoms with Crippen LogP contribution < -0.4 is 10.6 Å². The standard InChI is InChI=1S/C9H19N3O/c1-2-11-9(7-10-1)8-12-3-5-13-6-4-12/h9-11H,1-8H2. The minimum absolute atomic E-state index is 0.631. The Morgan fingerprint density at radius 2 is 2.08 bits per heavy atom. The summed E-state index contributed by atoms with van der Waals surface area (Å²) in [5, 5.41) is 6.93. The molecule has 0 aromatic heterocycles. The number of morpholine rings is 1. The third-order valence-corrected chi connectivity index (χ3v) is 2.71. The molecule has 4 nitrogen and oxygen atoms in total. The number of ether oxygens (including phenoxy) is 1. The third kappa shape index (κ3) is 2.91. The first-order chi connectivity index (χ1) is 6.45. The molecule has 1 atom stereocenters. The number of piperazine rings is 1. The van der Waals surface area contributed by atoms with Crippen molar-refractivity contribution in [3.63, 3.8) is 0 Å². The Balaban J connectivity index is 1.69. The quantitative estimate of drug-likeness (QED) is 0.571. The lowest BCUT2D eigenvalue weighted by Gasteiger charge is -2.32. The Morgan fingerprint density at radius 3 is 2.77 bits per heavy atom. The Bertz CT molecular complexity index is 126. The van der Waals surface area contributed by atoms with Crippen LogP contribution in [0.25, 0.3) is 0 Å². The fourth-order valence-electron chi connectivity index (χ4n) is 1.94. The molecule has 0 saturated carbocycles. The van der Waals surface area contributed by atoms with Gasteiger partial charge < -0.3 is 15.4 Å². The summed E-state index contributed by atoms with van der Waals surface area (Å²) in [7, 11) is 0. The zero-order chi connectivity index (χ0) is 8.93. The van der Waals surface area contributed by atoms with Crippen LogP contribution in [-0.2, 0) is 4.74 Å². The van der Waals surface area contributed by atoms with Gasteiger partial charge in [-0.05, 0) is 0 Å². The minimum Gasteiger partial charge on any atom is -0.379 e. The highest BCUT2D eigenvalue weighted by atomic mass is 16.5. The molecule has 2 aliphatic rings. The molecule has 2 rings (SSSR count). The molecular weight excluding hydrogens is 166 g/mol. The van der Waals surface area contributed by atoms with Crippen LogP contribution in [0.1, 0.15) is 0 Å². The molecule has 0 spiro atoms. The fourth-order valence-corrected chi connectivity index (χ4v) is 1.94. The van der Waals surface area contributed by atoms with Gasteiger partial charge in [0.2, 0.25) is 0 Å². The molecule has 0 aliphatic carbocycles. The topological polar surface area (TPSA) is 36.5 Å². The van der Waals surface area contributed by atoms with Crippen LogP contribution in [0.4, 0.5) is 0 Å². The number of nitrogens with zero attached hydrogens (tertiary/aromatic N) is 1. The smallest absolute Gasteiger partial charge is 0.0594 e. The molecule has 76 valence electrons. The molecule has 2 fully saturated rings. The lowest BCUT2D eigenvalue weighted by atomic mass is 10.2. The van der Waals surface area contributed by atoms with E-state index >= 15 is 0 Å². The number of hydrogen-bond donors (Lipinski definition) is 2. The molecule has 2 heterocycles. The molecule has 0 aromatic rings. The largest absolute Gasteiger partial charge is 0.379 e. The summed E-state index contributed by atoms with van der Waals surface area (Å²) < 4.78 is 5.31. The fraction of sp³-hybridized carbons (Fsp3) is 1.00. The normalized spacial score (nSPS) is 31.8. The van der Waals surface area contributed by atoms with Crippen LogP contribution in [-0.4, -0.2) is 63.4 Å². The van der Waals surface area contributed by atoms with Gasteiger partial charge in [0.25, 0.3) is 0 Å². The van der Waals surface area contributed by atoms with Gasteiger partial charge in [-0.25, -0.2) is 0 Å². The molecule has 0 bridgehead atoms. The first-order valence-corrected chi connectivity index (χ1v) is 5.19. The van der Waals surface area contributed by atoms with Gasteiger partial charge in [0.15, 0.2) is 0 Å². The van der Waals surface area contributed by atoms with Crippen LogP contribution in [0.5, 0.6) is 0 Å². The third-order valence-electron chi connectivity index (χ3n) is 2.71. The summed E-state index contributed by atoms with van der Waals surface area (Å²) in [5.74, 6) is 0. The van der Waals surface area contributed by atoms with Crippen molar-refractivity contribution in [2.75, 3.05) is 52.5 Å². The maximum Gasteiger partial charge on any atom is 0.0594 e. The first kappa shape index (κ1) is 9.40. The highest BCUT2D eigenvalue weighted by Crippen LogP contribution is 1.99. The number of rotatable bonds is 2. The minimum atomic E-state index is 0.631. The van der Waals surface area contributed by atoms with Gasteiger partial charge in [-0.2, -0.15) is 0 Å². The zero-order valence-electron chi connectivity index (χ0n) is 8.09. The van der Waals surface area contributed by atoms with Crippen molar-refractivity contribution in [1.29, 1.82) is 0 Å². The predicted octanol–water partition coefficient (Wildman–Crippen LogP) is -1.12. The van der Waals surface area contributed by atoms with Crippen LogP contribution in [0, 0.1) is 0 Å². The zero-order valence-corrected chi connectivity index (χ0v) is 8.09. The van der Waals surface area contributed by atoms with Crippen molar-refractivity contribution in [2.45, 2.75) is 6.04 Å². The SMILES string of the molecule is C1CNC(CN2CCOCC2)CN1. The van der Waals surface area contributed by atoms with Gasteiger partial charge in [-0.1, -0.05) is 0 Å². The highest BCUT2D eigenvalue weighted by molar-refractivity contribution is 4.79. The molecule has 0 aromatic carbocycles. The van der Waals surface area contributed by atoms with E-state index in [1.807, 2.05) is 0 Å². The number of nitrogens with one attached hydrogen (secondary N) is 2. The second-order valence-electron chi connectivity index (χ2n) is 3.77. The first-order valence-electron chi connectivity index (χ1n) is 5.19.